The van der Waals surface area contributed by atoms with Crippen LogP contribution in [0.3, 0.4) is 0 Å². The number of methoxy groups -OCH3 is 1. The SMILES string of the molecule is COc1cc([N+](=O)[O-])ccc1N1C(=O)[C@@H]2[C@@H](C1=O)C1c3ccccc3C2(/C=N/NC(=O)c2ccc(Cl)cc2)c2ccccc21. The van der Waals surface area contributed by atoms with Gasteiger partial charge in [-0.3, -0.25) is 24.5 Å². The number of hydrogen-bond donors (Lipinski definition) is 1. The van der Waals surface area contributed by atoms with Gasteiger partial charge in [-0.25, -0.2) is 10.3 Å². The Morgan fingerprint density at radius 3 is 2.23 bits per heavy atom. The highest BCUT2D eigenvalue weighted by atomic mass is 35.5. The lowest BCUT2D eigenvalue weighted by molar-refractivity contribution is -0.384. The first-order chi connectivity index (χ1) is 21.3. The Kier molecular flexibility index (Phi) is 6.33. The zero-order valence-electron chi connectivity index (χ0n) is 23.1. The van der Waals surface area contributed by atoms with E-state index in [1.165, 1.54) is 25.3 Å². The maximum atomic E-state index is 14.6. The predicted octanol–water partition coefficient (Wildman–Crippen LogP) is 5.22. The highest BCUT2D eigenvalue weighted by Gasteiger charge is 2.68. The highest BCUT2D eigenvalue weighted by molar-refractivity contribution is 6.30. The van der Waals surface area contributed by atoms with Crippen LogP contribution in [0.2, 0.25) is 5.02 Å². The van der Waals surface area contributed by atoms with Crippen molar-refractivity contribution < 1.29 is 24.0 Å². The Morgan fingerprint density at radius 2 is 1.61 bits per heavy atom. The first-order valence-electron chi connectivity index (χ1n) is 13.8. The van der Waals surface area contributed by atoms with Gasteiger partial charge in [0.15, 0.2) is 0 Å². The van der Waals surface area contributed by atoms with Crippen molar-refractivity contribution in [1.29, 1.82) is 0 Å². The number of nitrogens with one attached hydrogen (secondary N) is 1. The maximum Gasteiger partial charge on any atom is 0.273 e. The number of hydrazone groups is 1. The molecular formula is C33H23ClN4O6. The van der Waals surface area contributed by atoms with E-state index in [2.05, 4.69) is 10.5 Å². The Balaban J connectivity index is 1.39. The van der Waals surface area contributed by atoms with Crippen LogP contribution in [0.5, 0.6) is 5.75 Å². The molecule has 3 aliphatic carbocycles. The van der Waals surface area contributed by atoms with Crippen LogP contribution < -0.4 is 15.1 Å². The monoisotopic (exact) mass is 606 g/mol. The van der Waals surface area contributed by atoms with Crippen LogP contribution >= 0.6 is 11.6 Å². The minimum atomic E-state index is -1.21. The van der Waals surface area contributed by atoms with Gasteiger partial charge in [0.1, 0.15) is 5.75 Å². The molecule has 218 valence electrons. The number of ether oxygens (including phenoxy) is 1. The summed E-state index contributed by atoms with van der Waals surface area (Å²) >= 11 is 5.97. The Labute approximate surface area is 256 Å². The summed E-state index contributed by atoms with van der Waals surface area (Å²) in [6, 6.07) is 25.4. The summed E-state index contributed by atoms with van der Waals surface area (Å²) in [6.45, 7) is 0. The first kappa shape index (κ1) is 27.5. The smallest absolute Gasteiger partial charge is 0.273 e. The summed E-state index contributed by atoms with van der Waals surface area (Å²) in [4.78, 5) is 53.8. The molecular weight excluding hydrogens is 584 g/mol. The summed E-state index contributed by atoms with van der Waals surface area (Å²) in [5.74, 6) is -3.51. The van der Waals surface area contributed by atoms with Crippen molar-refractivity contribution in [3.05, 3.63) is 134 Å². The first-order valence-corrected chi connectivity index (χ1v) is 14.1. The molecule has 0 radical (unpaired) electrons. The minimum absolute atomic E-state index is 0.0277. The van der Waals surface area contributed by atoms with E-state index in [0.29, 0.717) is 10.6 Å². The molecule has 1 N–H and O–H groups in total. The summed E-state index contributed by atoms with van der Waals surface area (Å²) in [5.41, 5.74) is 5.01. The lowest BCUT2D eigenvalue weighted by Crippen LogP contribution is -2.54. The molecule has 0 saturated carbocycles. The van der Waals surface area contributed by atoms with Crippen molar-refractivity contribution in [2.75, 3.05) is 12.0 Å². The molecule has 2 bridgehead atoms. The minimum Gasteiger partial charge on any atom is -0.494 e. The lowest BCUT2D eigenvalue weighted by atomic mass is 9.47. The normalized spacial score (nSPS) is 22.9. The van der Waals surface area contributed by atoms with Gasteiger partial charge in [-0.1, -0.05) is 60.1 Å². The van der Waals surface area contributed by atoms with Crippen LogP contribution in [0.4, 0.5) is 11.4 Å². The fourth-order valence-corrected chi connectivity index (χ4v) is 7.24. The number of anilines is 1. The molecule has 4 aliphatic rings. The molecule has 8 rings (SSSR count). The van der Waals surface area contributed by atoms with Crippen molar-refractivity contribution in [2.24, 2.45) is 16.9 Å². The number of amides is 3. The molecule has 11 heteroatoms. The standard InChI is InChI=1S/C33H23ClN4O6/c1-44-26-16-20(38(42)43)14-15-25(26)37-31(40)28-27-21-6-2-4-8-23(21)33(29(28)32(37)41,24-9-5-3-7-22(24)27)17-35-36-30(39)18-10-12-19(34)13-11-18/h2-17,27-29H,1H3,(H,36,39)/b35-17+/t27?,28-,29-,33?/m0/s1. The highest BCUT2D eigenvalue weighted by Crippen LogP contribution is 2.64. The van der Waals surface area contributed by atoms with Gasteiger partial charge in [0.25, 0.3) is 11.6 Å². The number of nitrogens with zero attached hydrogens (tertiary/aromatic N) is 3. The van der Waals surface area contributed by atoms with E-state index in [-0.39, 0.29) is 17.1 Å². The number of nitro groups is 1. The third kappa shape index (κ3) is 3.80. The Hall–Kier alpha value is -5.35. The maximum absolute atomic E-state index is 14.6. The van der Waals surface area contributed by atoms with E-state index >= 15 is 0 Å². The van der Waals surface area contributed by atoms with Crippen LogP contribution in [0.1, 0.15) is 38.5 Å². The molecule has 10 nitrogen and oxygen atoms in total. The van der Waals surface area contributed by atoms with Gasteiger partial charge < -0.3 is 4.74 Å². The van der Waals surface area contributed by atoms with Crippen LogP contribution in [0.25, 0.3) is 0 Å². The molecule has 0 spiro atoms. The largest absolute Gasteiger partial charge is 0.494 e. The number of benzene rings is 4. The molecule has 4 aromatic carbocycles. The van der Waals surface area contributed by atoms with Crippen LogP contribution in [0.15, 0.2) is 96.1 Å². The van der Waals surface area contributed by atoms with Crippen LogP contribution in [0, 0.1) is 22.0 Å². The Bertz CT molecular complexity index is 1880. The quantitative estimate of drug-likeness (QED) is 0.138. The molecule has 3 amide bonds. The van der Waals surface area contributed by atoms with Gasteiger partial charge in [0, 0.05) is 28.8 Å². The molecule has 44 heavy (non-hydrogen) atoms. The van der Waals surface area contributed by atoms with E-state index in [1.54, 1.807) is 30.5 Å². The number of rotatable bonds is 6. The van der Waals surface area contributed by atoms with Gasteiger partial charge >= 0.3 is 0 Å². The molecule has 1 saturated heterocycles. The second-order valence-corrected chi connectivity index (χ2v) is 11.3. The van der Waals surface area contributed by atoms with Gasteiger partial charge in [-0.05, 0) is 52.6 Å². The summed E-state index contributed by atoms with van der Waals surface area (Å²) in [5, 5.41) is 16.3. The number of nitro benzene ring substituents is 1. The average Bonchev–Trinajstić information content (AvgIpc) is 3.31. The lowest BCUT2D eigenvalue weighted by Gasteiger charge is -2.52. The second kappa shape index (κ2) is 10.1. The van der Waals surface area contributed by atoms with E-state index in [0.717, 1.165) is 27.2 Å². The third-order valence-electron chi connectivity index (χ3n) is 8.84. The number of carbonyl (C=O) groups is 3. The summed E-state index contributed by atoms with van der Waals surface area (Å²) in [6.07, 6.45) is 1.56. The molecule has 1 heterocycles. The fourth-order valence-electron chi connectivity index (χ4n) is 7.11. The topological polar surface area (TPSA) is 131 Å². The number of imide groups is 1. The second-order valence-electron chi connectivity index (χ2n) is 10.9. The fraction of sp³-hybridized carbons (Fsp3) is 0.152. The van der Waals surface area contributed by atoms with Crippen molar-refractivity contribution in [2.45, 2.75) is 11.3 Å². The van der Waals surface area contributed by atoms with E-state index < -0.39 is 45.8 Å². The third-order valence-corrected chi connectivity index (χ3v) is 9.09. The van der Waals surface area contributed by atoms with E-state index in [4.69, 9.17) is 16.3 Å². The molecule has 0 aromatic heterocycles. The van der Waals surface area contributed by atoms with Gasteiger partial charge in [-0.2, -0.15) is 5.10 Å². The van der Waals surface area contributed by atoms with Gasteiger partial charge in [0.2, 0.25) is 11.8 Å². The zero-order valence-corrected chi connectivity index (χ0v) is 23.9. The molecule has 0 unspecified atom stereocenters. The Morgan fingerprint density at radius 1 is 0.977 bits per heavy atom. The number of hydrogen-bond acceptors (Lipinski definition) is 7. The van der Waals surface area contributed by atoms with Crippen molar-refractivity contribution in [1.82, 2.24) is 5.43 Å². The van der Waals surface area contributed by atoms with E-state index in [9.17, 15) is 24.5 Å². The number of halogens is 1. The molecule has 2 atom stereocenters. The molecule has 1 fully saturated rings. The van der Waals surface area contributed by atoms with Crippen LogP contribution in [-0.4, -0.2) is 36.0 Å². The number of carbonyl (C=O) groups excluding carboxylic acids is 3. The van der Waals surface area contributed by atoms with E-state index in [1.807, 2.05) is 48.5 Å². The van der Waals surface area contributed by atoms with Crippen molar-refractivity contribution in [3.63, 3.8) is 0 Å². The van der Waals surface area contributed by atoms with Crippen molar-refractivity contribution in [3.8, 4) is 5.75 Å². The summed E-state index contributed by atoms with van der Waals surface area (Å²) in [7, 11) is 1.33. The molecule has 4 aromatic rings. The van der Waals surface area contributed by atoms with Crippen LogP contribution in [-0.2, 0) is 15.0 Å². The van der Waals surface area contributed by atoms with Gasteiger partial charge in [0.05, 0.1) is 41.0 Å². The van der Waals surface area contributed by atoms with Crippen molar-refractivity contribution >= 4 is 46.9 Å². The molecule has 1 aliphatic heterocycles. The average molecular weight is 607 g/mol. The van der Waals surface area contributed by atoms with Gasteiger partial charge in [-0.15, -0.1) is 0 Å². The summed E-state index contributed by atoms with van der Waals surface area (Å²) < 4.78 is 5.42. The number of non-ortho nitro benzene ring substituents is 1. The zero-order chi connectivity index (χ0) is 30.7. The predicted molar refractivity (Wildman–Crippen MR) is 162 cm³/mol.